The summed E-state index contributed by atoms with van der Waals surface area (Å²) < 4.78 is 26.7. The first kappa shape index (κ1) is 16.7. The summed E-state index contributed by atoms with van der Waals surface area (Å²) in [7, 11) is -3.57. The molecule has 26 heavy (non-hydrogen) atoms. The van der Waals surface area contributed by atoms with Gasteiger partial charge in [-0.15, -0.1) is 0 Å². The Morgan fingerprint density at radius 1 is 1.15 bits per heavy atom. The molecule has 9 heteroatoms. The smallest absolute Gasteiger partial charge is 0.277 e. The van der Waals surface area contributed by atoms with E-state index in [0.717, 1.165) is 18.4 Å². The van der Waals surface area contributed by atoms with Gasteiger partial charge in [-0.05, 0) is 25.0 Å². The normalized spacial score (nSPS) is 15.4. The topological polar surface area (TPSA) is 108 Å². The van der Waals surface area contributed by atoms with Gasteiger partial charge in [0.25, 0.3) is 5.91 Å². The predicted molar refractivity (Wildman–Crippen MR) is 96.3 cm³/mol. The number of pyridine rings is 1. The quantitative estimate of drug-likeness (QED) is 0.729. The average Bonchev–Trinajstić information content (AvgIpc) is 3.32. The van der Waals surface area contributed by atoms with Gasteiger partial charge >= 0.3 is 0 Å². The summed E-state index contributed by atoms with van der Waals surface area (Å²) in [4.78, 5) is 16.7. The molecule has 8 nitrogen and oxygen atoms in total. The number of fused-ring (bicyclic) bond motifs is 1. The number of carbonyl (C=O) groups excluding carboxylic acids is 1. The molecule has 0 aliphatic carbocycles. The monoisotopic (exact) mass is 371 g/mol. The van der Waals surface area contributed by atoms with Crippen molar-refractivity contribution >= 4 is 32.7 Å². The zero-order valence-electron chi connectivity index (χ0n) is 13.8. The Hall–Kier alpha value is -2.78. The Balaban J connectivity index is 1.60. The lowest BCUT2D eigenvalue weighted by molar-refractivity contribution is 0.102. The maximum atomic E-state index is 12.6. The van der Waals surface area contributed by atoms with E-state index in [-0.39, 0.29) is 16.4 Å². The molecule has 0 radical (unpaired) electrons. The lowest BCUT2D eigenvalue weighted by Crippen LogP contribution is -2.28. The first-order valence-corrected chi connectivity index (χ1v) is 9.70. The highest BCUT2D eigenvalue weighted by Gasteiger charge is 2.27. The summed E-state index contributed by atoms with van der Waals surface area (Å²) in [5.41, 5.74) is 0.978. The van der Waals surface area contributed by atoms with Gasteiger partial charge in [-0.2, -0.15) is 9.40 Å². The van der Waals surface area contributed by atoms with Gasteiger partial charge in [-0.3, -0.25) is 9.89 Å². The number of amides is 1. The Labute approximate surface area is 150 Å². The standard InChI is InChI=1S/C17H17N5O3S/c23-17(16-13-5-1-2-6-14(13)20-21-16)19-15-11-12(7-8-18-15)26(24,25)22-9-3-4-10-22/h1-2,5-8,11H,3-4,9-10H2,(H,20,21)(H,18,19,23). The third-order valence-corrected chi connectivity index (χ3v) is 6.26. The molecule has 2 N–H and O–H groups in total. The summed E-state index contributed by atoms with van der Waals surface area (Å²) in [6.07, 6.45) is 3.10. The van der Waals surface area contributed by atoms with Crippen molar-refractivity contribution in [2.24, 2.45) is 0 Å². The molecule has 2 aromatic heterocycles. The minimum absolute atomic E-state index is 0.122. The zero-order chi connectivity index (χ0) is 18.1. The molecule has 1 aliphatic heterocycles. The second-order valence-corrected chi connectivity index (χ2v) is 8.00. The van der Waals surface area contributed by atoms with E-state index < -0.39 is 15.9 Å². The highest BCUT2D eigenvalue weighted by molar-refractivity contribution is 7.89. The molecule has 0 atom stereocenters. The number of sulfonamides is 1. The van der Waals surface area contributed by atoms with Crippen LogP contribution in [0.1, 0.15) is 23.3 Å². The van der Waals surface area contributed by atoms with E-state index in [1.54, 1.807) is 6.07 Å². The molecule has 134 valence electrons. The molecular weight excluding hydrogens is 354 g/mol. The summed E-state index contributed by atoms with van der Waals surface area (Å²) in [5.74, 6) is -0.284. The van der Waals surface area contributed by atoms with Gasteiger partial charge in [0.2, 0.25) is 10.0 Å². The van der Waals surface area contributed by atoms with Crippen molar-refractivity contribution in [3.63, 3.8) is 0 Å². The van der Waals surface area contributed by atoms with Crippen molar-refractivity contribution in [3.05, 3.63) is 48.3 Å². The number of hydrogen-bond acceptors (Lipinski definition) is 5. The molecule has 0 bridgehead atoms. The number of H-pyrrole nitrogens is 1. The Morgan fingerprint density at radius 3 is 2.73 bits per heavy atom. The molecule has 1 aliphatic rings. The maximum absolute atomic E-state index is 12.6. The van der Waals surface area contributed by atoms with Crippen molar-refractivity contribution in [2.45, 2.75) is 17.7 Å². The van der Waals surface area contributed by atoms with Crippen LogP contribution in [0.25, 0.3) is 10.9 Å². The second kappa shape index (κ2) is 6.50. The van der Waals surface area contributed by atoms with Crippen molar-refractivity contribution < 1.29 is 13.2 Å². The van der Waals surface area contributed by atoms with Crippen LogP contribution in [-0.2, 0) is 10.0 Å². The van der Waals surface area contributed by atoms with Gasteiger partial charge in [0.1, 0.15) is 5.82 Å². The first-order chi connectivity index (χ1) is 12.6. The third kappa shape index (κ3) is 2.95. The minimum Gasteiger partial charge on any atom is -0.305 e. The number of nitrogens with one attached hydrogen (secondary N) is 2. The molecule has 1 aromatic carbocycles. The fraction of sp³-hybridized carbons (Fsp3) is 0.235. The van der Waals surface area contributed by atoms with Crippen molar-refractivity contribution in [1.29, 1.82) is 0 Å². The van der Waals surface area contributed by atoms with Crippen molar-refractivity contribution in [2.75, 3.05) is 18.4 Å². The fourth-order valence-electron chi connectivity index (χ4n) is 3.03. The van der Waals surface area contributed by atoms with Crippen LogP contribution >= 0.6 is 0 Å². The van der Waals surface area contributed by atoms with Crippen LogP contribution in [0.3, 0.4) is 0 Å². The molecule has 3 heterocycles. The predicted octanol–water partition coefficient (Wildman–Crippen LogP) is 1.99. The first-order valence-electron chi connectivity index (χ1n) is 8.26. The Morgan fingerprint density at radius 2 is 1.92 bits per heavy atom. The number of aromatic nitrogens is 3. The number of rotatable bonds is 4. The van der Waals surface area contributed by atoms with Crippen LogP contribution in [0.15, 0.2) is 47.5 Å². The fourth-order valence-corrected chi connectivity index (χ4v) is 4.56. The van der Waals surface area contributed by atoms with Crippen molar-refractivity contribution in [1.82, 2.24) is 19.5 Å². The van der Waals surface area contributed by atoms with Gasteiger partial charge in [0.05, 0.1) is 10.4 Å². The van der Waals surface area contributed by atoms with Crippen LogP contribution in [0.2, 0.25) is 0 Å². The van der Waals surface area contributed by atoms with E-state index in [0.29, 0.717) is 18.5 Å². The third-order valence-electron chi connectivity index (χ3n) is 4.36. The van der Waals surface area contributed by atoms with Crippen LogP contribution < -0.4 is 5.32 Å². The largest absolute Gasteiger partial charge is 0.305 e. The van der Waals surface area contributed by atoms with E-state index in [1.165, 1.54) is 22.6 Å². The number of para-hydroxylation sites is 1. The maximum Gasteiger partial charge on any atom is 0.277 e. The number of nitrogens with zero attached hydrogens (tertiary/aromatic N) is 3. The molecule has 0 unspecified atom stereocenters. The Bertz CT molecular complexity index is 1070. The number of benzene rings is 1. The van der Waals surface area contributed by atoms with E-state index in [1.807, 2.05) is 18.2 Å². The number of hydrogen-bond donors (Lipinski definition) is 2. The lowest BCUT2D eigenvalue weighted by atomic mass is 10.2. The van der Waals surface area contributed by atoms with Crippen LogP contribution in [0.5, 0.6) is 0 Å². The van der Waals surface area contributed by atoms with E-state index in [4.69, 9.17) is 0 Å². The van der Waals surface area contributed by atoms with Gasteiger partial charge in [0.15, 0.2) is 5.69 Å². The van der Waals surface area contributed by atoms with Gasteiger partial charge < -0.3 is 5.32 Å². The number of aromatic amines is 1. The molecule has 1 amide bonds. The van der Waals surface area contributed by atoms with Crippen LogP contribution in [0, 0.1) is 0 Å². The van der Waals surface area contributed by atoms with E-state index >= 15 is 0 Å². The molecule has 4 rings (SSSR count). The van der Waals surface area contributed by atoms with Crippen molar-refractivity contribution in [3.8, 4) is 0 Å². The molecule has 3 aromatic rings. The average molecular weight is 371 g/mol. The molecule has 1 saturated heterocycles. The highest BCUT2D eigenvalue weighted by Crippen LogP contribution is 2.22. The molecule has 0 spiro atoms. The summed E-state index contributed by atoms with van der Waals surface area (Å²) in [5, 5.41) is 10.1. The minimum atomic E-state index is -3.57. The van der Waals surface area contributed by atoms with Crippen LogP contribution in [0.4, 0.5) is 5.82 Å². The molecular formula is C17H17N5O3S. The van der Waals surface area contributed by atoms with Gasteiger partial charge in [-0.1, -0.05) is 18.2 Å². The summed E-state index contributed by atoms with van der Waals surface area (Å²) >= 11 is 0. The van der Waals surface area contributed by atoms with Gasteiger partial charge in [-0.25, -0.2) is 13.4 Å². The van der Waals surface area contributed by atoms with Gasteiger partial charge in [0, 0.05) is 30.7 Å². The van der Waals surface area contributed by atoms with Crippen LogP contribution in [-0.4, -0.2) is 46.9 Å². The highest BCUT2D eigenvalue weighted by atomic mass is 32.2. The summed E-state index contributed by atoms with van der Waals surface area (Å²) in [6.45, 7) is 1.04. The summed E-state index contributed by atoms with van der Waals surface area (Å²) in [6, 6.07) is 10.1. The SMILES string of the molecule is O=C(Nc1cc(S(=O)(=O)N2CCCC2)ccn1)c1n[nH]c2ccccc12. The second-order valence-electron chi connectivity index (χ2n) is 6.06. The Kier molecular flexibility index (Phi) is 4.17. The number of carbonyl (C=O) groups is 1. The van der Waals surface area contributed by atoms with E-state index in [2.05, 4.69) is 20.5 Å². The zero-order valence-corrected chi connectivity index (χ0v) is 14.7. The molecule has 1 fully saturated rings. The molecule has 0 saturated carbocycles. The number of anilines is 1. The van der Waals surface area contributed by atoms with E-state index in [9.17, 15) is 13.2 Å². The lowest BCUT2D eigenvalue weighted by Gasteiger charge is -2.15.